The number of halogens is 1. The van der Waals surface area contributed by atoms with E-state index < -0.39 is 5.82 Å². The maximum atomic E-state index is 13.7. The fraction of sp³-hybridized carbons (Fsp3) is 0.421. The number of urea groups is 1. The monoisotopic (exact) mass is 386 g/mol. The molecule has 2 fully saturated rings. The van der Waals surface area contributed by atoms with Crippen LogP contribution in [0.3, 0.4) is 0 Å². The Hall–Kier alpha value is -2.94. The average Bonchev–Trinajstić information content (AvgIpc) is 2.76. The van der Waals surface area contributed by atoms with Gasteiger partial charge < -0.3 is 24.8 Å². The number of amides is 2. The molecule has 0 unspecified atom stereocenters. The first-order valence-corrected chi connectivity index (χ1v) is 9.41. The molecule has 9 heteroatoms. The summed E-state index contributed by atoms with van der Waals surface area (Å²) in [6.45, 7) is 5.47. The number of nitrogens with one attached hydrogen (secondary N) is 1. The largest absolute Gasteiger partial charge is 0.378 e. The minimum Gasteiger partial charge on any atom is -0.378 e. The fourth-order valence-electron chi connectivity index (χ4n) is 3.39. The number of hydrogen-bond donors (Lipinski definition) is 1. The predicted octanol–water partition coefficient (Wildman–Crippen LogP) is 1.81. The molecule has 0 spiro atoms. The van der Waals surface area contributed by atoms with Crippen molar-refractivity contribution >= 4 is 23.2 Å². The molecule has 148 valence electrons. The fourth-order valence-corrected chi connectivity index (χ4v) is 3.39. The first-order chi connectivity index (χ1) is 13.7. The number of anilines is 3. The third-order valence-electron chi connectivity index (χ3n) is 5.01. The quantitative estimate of drug-likeness (QED) is 0.867. The summed E-state index contributed by atoms with van der Waals surface area (Å²) < 4.78 is 19.1. The van der Waals surface area contributed by atoms with Crippen molar-refractivity contribution in [2.45, 2.75) is 0 Å². The van der Waals surface area contributed by atoms with E-state index in [1.165, 1.54) is 6.07 Å². The zero-order valence-corrected chi connectivity index (χ0v) is 15.6. The SMILES string of the molecule is O=C(Nc1ccccc1F)N1CCN(c2cc(N3CCOCC3)cnn2)CC1. The van der Waals surface area contributed by atoms with Crippen LogP contribution in [0.1, 0.15) is 0 Å². The van der Waals surface area contributed by atoms with Crippen LogP contribution in [0.15, 0.2) is 36.5 Å². The van der Waals surface area contributed by atoms with E-state index in [1.54, 1.807) is 29.3 Å². The highest BCUT2D eigenvalue weighted by Gasteiger charge is 2.23. The number of para-hydroxylation sites is 1. The van der Waals surface area contributed by atoms with Gasteiger partial charge in [0.05, 0.1) is 30.8 Å². The molecule has 1 aromatic carbocycles. The Balaban J connectivity index is 1.35. The summed E-state index contributed by atoms with van der Waals surface area (Å²) in [5.41, 5.74) is 1.23. The van der Waals surface area contributed by atoms with Crippen molar-refractivity contribution < 1.29 is 13.9 Å². The van der Waals surface area contributed by atoms with E-state index in [-0.39, 0.29) is 11.7 Å². The molecule has 2 aliphatic rings. The van der Waals surface area contributed by atoms with E-state index in [1.807, 2.05) is 6.07 Å². The lowest BCUT2D eigenvalue weighted by molar-refractivity contribution is 0.122. The highest BCUT2D eigenvalue weighted by molar-refractivity contribution is 5.89. The van der Waals surface area contributed by atoms with Crippen LogP contribution in [0.5, 0.6) is 0 Å². The number of carbonyl (C=O) groups excluding carboxylic acids is 1. The van der Waals surface area contributed by atoms with Crippen LogP contribution in [0.2, 0.25) is 0 Å². The molecule has 4 rings (SSSR count). The molecule has 2 saturated heterocycles. The number of rotatable bonds is 3. The Morgan fingerprint density at radius 1 is 1.04 bits per heavy atom. The molecule has 0 atom stereocenters. The van der Waals surface area contributed by atoms with Gasteiger partial charge in [-0.1, -0.05) is 12.1 Å². The number of carbonyl (C=O) groups is 1. The average molecular weight is 386 g/mol. The number of benzene rings is 1. The van der Waals surface area contributed by atoms with Gasteiger partial charge in [0, 0.05) is 45.3 Å². The number of morpholine rings is 1. The maximum Gasteiger partial charge on any atom is 0.322 e. The molecule has 8 nitrogen and oxygen atoms in total. The van der Waals surface area contributed by atoms with E-state index >= 15 is 0 Å². The van der Waals surface area contributed by atoms with Crippen molar-refractivity contribution in [3.05, 3.63) is 42.3 Å². The summed E-state index contributed by atoms with van der Waals surface area (Å²) in [5.74, 6) is 0.364. The van der Waals surface area contributed by atoms with Gasteiger partial charge in [0.15, 0.2) is 5.82 Å². The van der Waals surface area contributed by atoms with Crippen LogP contribution >= 0.6 is 0 Å². The second-order valence-electron chi connectivity index (χ2n) is 6.76. The standard InChI is InChI=1S/C19H23FN6O2/c20-16-3-1-2-4-17(16)22-19(27)26-7-5-25(6-8-26)18-13-15(14-21-23-18)24-9-11-28-12-10-24/h1-4,13-14H,5-12H2,(H,22,27). The summed E-state index contributed by atoms with van der Waals surface area (Å²) in [4.78, 5) is 18.4. The Bertz CT molecular complexity index is 822. The van der Waals surface area contributed by atoms with Crippen molar-refractivity contribution in [1.29, 1.82) is 0 Å². The van der Waals surface area contributed by atoms with Crippen molar-refractivity contribution in [2.24, 2.45) is 0 Å². The maximum absolute atomic E-state index is 13.7. The van der Waals surface area contributed by atoms with E-state index in [0.29, 0.717) is 39.4 Å². The summed E-state index contributed by atoms with van der Waals surface area (Å²) >= 11 is 0. The lowest BCUT2D eigenvalue weighted by Crippen LogP contribution is -2.50. The third kappa shape index (κ3) is 4.14. The first kappa shape index (κ1) is 18.4. The van der Waals surface area contributed by atoms with E-state index in [4.69, 9.17) is 4.74 Å². The number of aromatic nitrogens is 2. The molecule has 2 amide bonds. The van der Waals surface area contributed by atoms with Crippen LogP contribution in [0, 0.1) is 5.82 Å². The van der Waals surface area contributed by atoms with Crippen LogP contribution in [0.4, 0.5) is 26.4 Å². The Kier molecular flexibility index (Phi) is 5.52. The molecule has 2 aliphatic heterocycles. The molecule has 1 aromatic heterocycles. The van der Waals surface area contributed by atoms with E-state index in [2.05, 4.69) is 25.3 Å². The van der Waals surface area contributed by atoms with E-state index in [0.717, 1.165) is 24.6 Å². The van der Waals surface area contributed by atoms with Crippen molar-refractivity contribution in [3.63, 3.8) is 0 Å². The number of nitrogens with zero attached hydrogens (tertiary/aromatic N) is 5. The number of ether oxygens (including phenoxy) is 1. The lowest BCUT2D eigenvalue weighted by atomic mass is 10.3. The van der Waals surface area contributed by atoms with Crippen molar-refractivity contribution in [2.75, 3.05) is 67.6 Å². The van der Waals surface area contributed by atoms with Crippen LogP contribution in [-0.2, 0) is 4.74 Å². The molecule has 0 aliphatic carbocycles. The van der Waals surface area contributed by atoms with Crippen LogP contribution in [0.25, 0.3) is 0 Å². The molecule has 1 N–H and O–H groups in total. The molecule has 0 bridgehead atoms. The smallest absolute Gasteiger partial charge is 0.322 e. The number of hydrogen-bond acceptors (Lipinski definition) is 6. The summed E-state index contributed by atoms with van der Waals surface area (Å²) in [6.07, 6.45) is 1.77. The predicted molar refractivity (Wildman–Crippen MR) is 104 cm³/mol. The second kappa shape index (κ2) is 8.39. The molecule has 28 heavy (non-hydrogen) atoms. The Labute approximate surface area is 162 Å². The van der Waals surface area contributed by atoms with Gasteiger partial charge in [-0.25, -0.2) is 9.18 Å². The first-order valence-electron chi connectivity index (χ1n) is 9.41. The molecule has 3 heterocycles. The van der Waals surface area contributed by atoms with Crippen LogP contribution < -0.4 is 15.1 Å². The van der Waals surface area contributed by atoms with Crippen molar-refractivity contribution in [1.82, 2.24) is 15.1 Å². The Morgan fingerprint density at radius 3 is 2.54 bits per heavy atom. The van der Waals surface area contributed by atoms with Gasteiger partial charge in [0.25, 0.3) is 0 Å². The second-order valence-corrected chi connectivity index (χ2v) is 6.76. The molecular weight excluding hydrogens is 363 g/mol. The Morgan fingerprint density at radius 2 is 1.79 bits per heavy atom. The highest BCUT2D eigenvalue weighted by Crippen LogP contribution is 2.21. The van der Waals surface area contributed by atoms with E-state index in [9.17, 15) is 9.18 Å². The van der Waals surface area contributed by atoms with Gasteiger partial charge in [-0.2, -0.15) is 5.10 Å². The van der Waals surface area contributed by atoms with Gasteiger partial charge >= 0.3 is 6.03 Å². The molecule has 0 saturated carbocycles. The van der Waals surface area contributed by atoms with Gasteiger partial charge in [-0.15, -0.1) is 5.10 Å². The minimum absolute atomic E-state index is 0.194. The third-order valence-corrected chi connectivity index (χ3v) is 5.01. The normalized spacial score (nSPS) is 17.5. The zero-order valence-electron chi connectivity index (χ0n) is 15.6. The zero-order chi connectivity index (χ0) is 19.3. The lowest BCUT2D eigenvalue weighted by Gasteiger charge is -2.35. The topological polar surface area (TPSA) is 73.8 Å². The molecular formula is C19H23FN6O2. The van der Waals surface area contributed by atoms with Gasteiger partial charge in [0.2, 0.25) is 0 Å². The molecule has 2 aromatic rings. The number of piperazine rings is 1. The van der Waals surface area contributed by atoms with Gasteiger partial charge in [-0.3, -0.25) is 0 Å². The minimum atomic E-state index is -0.440. The van der Waals surface area contributed by atoms with Gasteiger partial charge in [0.1, 0.15) is 5.82 Å². The van der Waals surface area contributed by atoms with Crippen LogP contribution in [-0.4, -0.2) is 73.6 Å². The summed E-state index contributed by atoms with van der Waals surface area (Å²) in [7, 11) is 0. The molecule has 0 radical (unpaired) electrons. The summed E-state index contributed by atoms with van der Waals surface area (Å²) in [5, 5.41) is 11.0. The van der Waals surface area contributed by atoms with Gasteiger partial charge in [-0.05, 0) is 12.1 Å². The van der Waals surface area contributed by atoms with Crippen molar-refractivity contribution in [3.8, 4) is 0 Å². The summed E-state index contributed by atoms with van der Waals surface area (Å²) in [6, 6.07) is 7.90. The highest BCUT2D eigenvalue weighted by atomic mass is 19.1.